The maximum atomic E-state index is 12.9. The number of fused-ring (bicyclic) bond motifs is 1. The molecule has 0 atom stereocenters. The molecule has 8 nitrogen and oxygen atoms in total. The van der Waals surface area contributed by atoms with Crippen molar-refractivity contribution in [1.29, 1.82) is 0 Å². The quantitative estimate of drug-likeness (QED) is 0.306. The van der Waals surface area contributed by atoms with E-state index in [-0.39, 0.29) is 11.6 Å². The van der Waals surface area contributed by atoms with Gasteiger partial charge in [-0.3, -0.25) is 0 Å². The first-order valence-electron chi connectivity index (χ1n) is 9.38. The van der Waals surface area contributed by atoms with Gasteiger partial charge in [0.15, 0.2) is 5.65 Å². The van der Waals surface area contributed by atoms with Crippen LogP contribution < -0.4 is 16.0 Å². The SMILES string of the molecule is O=C(NCCNc1cc(-c2ccccc2O)nc2c(Br)cnn12)Nc1ccc(F)cc1. The van der Waals surface area contributed by atoms with Crippen LogP contribution in [0.2, 0.25) is 0 Å². The van der Waals surface area contributed by atoms with Crippen LogP contribution in [0.1, 0.15) is 0 Å². The van der Waals surface area contributed by atoms with Gasteiger partial charge >= 0.3 is 6.03 Å². The van der Waals surface area contributed by atoms with E-state index < -0.39 is 6.03 Å². The summed E-state index contributed by atoms with van der Waals surface area (Å²) in [5.41, 5.74) is 2.26. The van der Waals surface area contributed by atoms with Gasteiger partial charge in [0.1, 0.15) is 17.4 Å². The van der Waals surface area contributed by atoms with E-state index in [2.05, 4.69) is 42.0 Å². The zero-order valence-corrected chi connectivity index (χ0v) is 17.7. The number of aromatic hydroxyl groups is 1. The van der Waals surface area contributed by atoms with Crippen molar-refractivity contribution in [1.82, 2.24) is 19.9 Å². The number of carbonyl (C=O) groups excluding carboxylic acids is 1. The topological polar surface area (TPSA) is 104 Å². The first-order valence-corrected chi connectivity index (χ1v) is 10.2. The number of halogens is 2. The number of aromatic nitrogens is 3. The van der Waals surface area contributed by atoms with Gasteiger partial charge < -0.3 is 21.1 Å². The Morgan fingerprint density at radius 1 is 1.13 bits per heavy atom. The summed E-state index contributed by atoms with van der Waals surface area (Å²) < 4.78 is 15.3. The van der Waals surface area contributed by atoms with Crippen molar-refractivity contribution < 1.29 is 14.3 Å². The lowest BCUT2D eigenvalue weighted by atomic mass is 10.1. The molecule has 0 saturated heterocycles. The van der Waals surface area contributed by atoms with Gasteiger partial charge in [-0.05, 0) is 52.3 Å². The van der Waals surface area contributed by atoms with Gasteiger partial charge in [-0.2, -0.15) is 9.61 Å². The zero-order chi connectivity index (χ0) is 21.8. The summed E-state index contributed by atoms with van der Waals surface area (Å²) in [6.07, 6.45) is 1.64. The molecule has 10 heteroatoms. The van der Waals surface area contributed by atoms with E-state index in [0.29, 0.717) is 46.0 Å². The molecule has 0 aliphatic heterocycles. The molecular weight excluding hydrogens is 467 g/mol. The van der Waals surface area contributed by atoms with E-state index in [0.717, 1.165) is 0 Å². The number of anilines is 2. The Morgan fingerprint density at radius 2 is 1.90 bits per heavy atom. The molecule has 0 aliphatic rings. The molecule has 4 N–H and O–H groups in total. The lowest BCUT2D eigenvalue weighted by molar-refractivity contribution is 0.252. The second-order valence-electron chi connectivity index (χ2n) is 6.59. The normalized spacial score (nSPS) is 10.8. The summed E-state index contributed by atoms with van der Waals surface area (Å²) in [4.78, 5) is 16.6. The molecule has 0 bridgehead atoms. The average molecular weight is 485 g/mol. The third kappa shape index (κ3) is 4.75. The van der Waals surface area contributed by atoms with Crippen LogP contribution in [0.3, 0.4) is 0 Å². The van der Waals surface area contributed by atoms with Gasteiger partial charge in [-0.15, -0.1) is 0 Å². The molecule has 0 spiro atoms. The Hall–Kier alpha value is -3.66. The van der Waals surface area contributed by atoms with Crippen molar-refractivity contribution in [2.75, 3.05) is 23.7 Å². The van der Waals surface area contributed by atoms with Crippen LogP contribution in [0.5, 0.6) is 5.75 Å². The van der Waals surface area contributed by atoms with E-state index in [9.17, 15) is 14.3 Å². The minimum atomic E-state index is -0.398. The number of amides is 2. The van der Waals surface area contributed by atoms with Crippen LogP contribution in [0.25, 0.3) is 16.9 Å². The number of benzene rings is 2. The Balaban J connectivity index is 1.44. The number of phenolic OH excluding ortho intramolecular Hbond substituents is 1. The fourth-order valence-corrected chi connectivity index (χ4v) is 3.31. The van der Waals surface area contributed by atoms with E-state index >= 15 is 0 Å². The van der Waals surface area contributed by atoms with Crippen LogP contribution >= 0.6 is 15.9 Å². The summed E-state index contributed by atoms with van der Waals surface area (Å²) in [5.74, 6) is 0.405. The summed E-state index contributed by atoms with van der Waals surface area (Å²) >= 11 is 3.44. The second kappa shape index (κ2) is 9.00. The molecule has 0 unspecified atom stereocenters. The van der Waals surface area contributed by atoms with E-state index in [1.807, 2.05) is 6.07 Å². The number of rotatable bonds is 6. The Bertz CT molecular complexity index is 1230. The highest BCUT2D eigenvalue weighted by Gasteiger charge is 2.13. The average Bonchev–Trinajstić information content (AvgIpc) is 3.14. The third-order valence-corrected chi connectivity index (χ3v) is 4.99. The molecule has 4 aromatic rings. The largest absolute Gasteiger partial charge is 0.507 e. The molecule has 2 heterocycles. The highest BCUT2D eigenvalue weighted by Crippen LogP contribution is 2.30. The Kier molecular flexibility index (Phi) is 5.99. The predicted molar refractivity (Wildman–Crippen MR) is 120 cm³/mol. The van der Waals surface area contributed by atoms with E-state index in [4.69, 9.17) is 0 Å². The summed E-state index contributed by atoms with van der Waals surface area (Å²) in [7, 11) is 0. The Morgan fingerprint density at radius 3 is 2.68 bits per heavy atom. The molecule has 0 radical (unpaired) electrons. The number of urea groups is 1. The van der Waals surface area contributed by atoms with Crippen molar-refractivity contribution >= 4 is 39.1 Å². The molecule has 31 heavy (non-hydrogen) atoms. The van der Waals surface area contributed by atoms with Crippen LogP contribution in [0.4, 0.5) is 20.7 Å². The van der Waals surface area contributed by atoms with Gasteiger partial charge in [-0.1, -0.05) is 12.1 Å². The minimum Gasteiger partial charge on any atom is -0.507 e. The maximum absolute atomic E-state index is 12.9. The van der Waals surface area contributed by atoms with Crippen molar-refractivity contribution in [3.8, 4) is 17.0 Å². The monoisotopic (exact) mass is 484 g/mol. The summed E-state index contributed by atoms with van der Waals surface area (Å²) in [5, 5.41) is 23.1. The molecule has 0 fully saturated rings. The van der Waals surface area contributed by atoms with Crippen molar-refractivity contribution in [3.05, 3.63) is 71.1 Å². The standard InChI is InChI=1S/C21H18BrFN6O2/c22-16-12-26-29-19(11-17(28-20(16)29)15-3-1-2-4-18(15)30)24-9-10-25-21(31)27-14-7-5-13(23)6-8-14/h1-8,11-12,24,30H,9-10H2,(H2,25,27,31). The smallest absolute Gasteiger partial charge is 0.319 e. The number of nitrogens with one attached hydrogen (secondary N) is 3. The summed E-state index contributed by atoms with van der Waals surface area (Å²) in [6.45, 7) is 0.735. The molecule has 4 rings (SSSR count). The zero-order valence-electron chi connectivity index (χ0n) is 16.1. The number of hydrogen-bond donors (Lipinski definition) is 4. The van der Waals surface area contributed by atoms with Crippen molar-refractivity contribution in [2.24, 2.45) is 0 Å². The number of hydrogen-bond acceptors (Lipinski definition) is 5. The predicted octanol–water partition coefficient (Wildman–Crippen LogP) is 4.24. The van der Waals surface area contributed by atoms with Gasteiger partial charge in [-0.25, -0.2) is 14.2 Å². The number of phenols is 1. The second-order valence-corrected chi connectivity index (χ2v) is 7.44. The number of carbonyl (C=O) groups is 1. The molecule has 2 aromatic carbocycles. The van der Waals surface area contributed by atoms with Crippen molar-refractivity contribution in [3.63, 3.8) is 0 Å². The number of para-hydroxylation sites is 1. The van der Waals surface area contributed by atoms with Gasteiger partial charge in [0.25, 0.3) is 0 Å². The molecule has 158 valence electrons. The molecule has 2 aromatic heterocycles. The van der Waals surface area contributed by atoms with Gasteiger partial charge in [0, 0.05) is 30.4 Å². The fourth-order valence-electron chi connectivity index (χ4n) is 2.97. The minimum absolute atomic E-state index is 0.125. The van der Waals surface area contributed by atoms with Crippen LogP contribution in [-0.4, -0.2) is 38.8 Å². The number of nitrogens with zero attached hydrogens (tertiary/aromatic N) is 3. The fraction of sp³-hybridized carbons (Fsp3) is 0.0952. The molecule has 0 saturated carbocycles. The lowest BCUT2D eigenvalue weighted by Gasteiger charge is -2.12. The molecule has 2 amide bonds. The van der Waals surface area contributed by atoms with Gasteiger partial charge in [0.2, 0.25) is 0 Å². The first-order chi connectivity index (χ1) is 15.0. The summed E-state index contributed by atoms with van der Waals surface area (Å²) in [6, 6.07) is 13.8. The van der Waals surface area contributed by atoms with Crippen LogP contribution in [0, 0.1) is 5.82 Å². The van der Waals surface area contributed by atoms with Crippen molar-refractivity contribution in [2.45, 2.75) is 0 Å². The highest BCUT2D eigenvalue weighted by molar-refractivity contribution is 9.10. The first kappa shape index (κ1) is 20.6. The Labute approximate surface area is 185 Å². The molecular formula is C21H18BrFN6O2. The lowest BCUT2D eigenvalue weighted by Crippen LogP contribution is -2.32. The third-order valence-electron chi connectivity index (χ3n) is 4.43. The van der Waals surface area contributed by atoms with E-state index in [1.165, 1.54) is 24.3 Å². The van der Waals surface area contributed by atoms with E-state index in [1.54, 1.807) is 35.0 Å². The maximum Gasteiger partial charge on any atom is 0.319 e. The molecule has 0 aliphatic carbocycles. The highest BCUT2D eigenvalue weighted by atomic mass is 79.9. The van der Waals surface area contributed by atoms with Crippen LogP contribution in [-0.2, 0) is 0 Å². The van der Waals surface area contributed by atoms with Crippen LogP contribution in [0.15, 0.2) is 65.3 Å². The van der Waals surface area contributed by atoms with Gasteiger partial charge in [0.05, 0.1) is 16.4 Å².